The molecule has 1 aromatic heterocycles. The van der Waals surface area contributed by atoms with E-state index in [9.17, 15) is 9.59 Å². The highest BCUT2D eigenvalue weighted by Crippen LogP contribution is 2.10. The molecule has 0 aliphatic heterocycles. The van der Waals surface area contributed by atoms with Crippen LogP contribution >= 0.6 is 0 Å². The van der Waals surface area contributed by atoms with Gasteiger partial charge in [-0.15, -0.1) is 0 Å². The summed E-state index contributed by atoms with van der Waals surface area (Å²) in [7, 11) is 0. The highest BCUT2D eigenvalue weighted by Gasteiger charge is 2.15. The lowest BCUT2D eigenvalue weighted by Crippen LogP contribution is -2.28. The van der Waals surface area contributed by atoms with Crippen molar-refractivity contribution in [3.63, 3.8) is 0 Å². The number of rotatable bonds is 32. The molecule has 0 saturated carbocycles. The van der Waals surface area contributed by atoms with E-state index >= 15 is 0 Å². The lowest BCUT2D eigenvalue weighted by Gasteiger charge is -2.19. The van der Waals surface area contributed by atoms with Gasteiger partial charge < -0.3 is 47.9 Å². The van der Waals surface area contributed by atoms with Gasteiger partial charge in [-0.1, -0.05) is 12.7 Å². The van der Waals surface area contributed by atoms with Crippen LogP contribution in [0.1, 0.15) is 57.0 Å². The molecular formula is C35H60N2O11. The summed E-state index contributed by atoms with van der Waals surface area (Å²) in [5.41, 5.74) is 2.36. The Balaban J connectivity index is 1.72. The third-order valence-electron chi connectivity index (χ3n) is 6.13. The second-order valence-electron chi connectivity index (χ2n) is 11.7. The topological polar surface area (TPSA) is 142 Å². The number of carbonyl (C=O) groups excluding carboxylic acids is 2. The fraction of sp³-hybridized carbons (Fsp3) is 0.743. The van der Waals surface area contributed by atoms with Crippen LogP contribution in [0.3, 0.4) is 0 Å². The van der Waals surface area contributed by atoms with Crippen LogP contribution in [0.15, 0.2) is 18.7 Å². The molecule has 0 bridgehead atoms. The summed E-state index contributed by atoms with van der Waals surface area (Å²) in [5.74, 6) is -0.233. The first kappa shape index (κ1) is 43.5. The molecule has 1 heterocycles. The van der Waals surface area contributed by atoms with Crippen molar-refractivity contribution >= 4 is 18.0 Å². The molecule has 0 fully saturated rings. The van der Waals surface area contributed by atoms with E-state index < -0.39 is 5.60 Å². The van der Waals surface area contributed by atoms with Crippen LogP contribution in [0, 0.1) is 6.92 Å². The van der Waals surface area contributed by atoms with Crippen LogP contribution < -0.4 is 5.32 Å². The Morgan fingerprint density at radius 3 is 1.56 bits per heavy atom. The second-order valence-corrected chi connectivity index (χ2v) is 11.7. The first-order valence-corrected chi connectivity index (χ1v) is 16.9. The maximum Gasteiger partial charge on any atom is 0.306 e. The minimum Gasteiger partial charge on any atom is -0.460 e. The number of nitrogens with zero attached hydrogens (tertiary/aromatic N) is 1. The number of hydrogen-bond donors (Lipinski definition) is 1. The highest BCUT2D eigenvalue weighted by molar-refractivity contribution is 5.76. The van der Waals surface area contributed by atoms with Crippen molar-refractivity contribution in [2.75, 3.05) is 112 Å². The number of pyridine rings is 1. The Kier molecular flexibility index (Phi) is 26.7. The molecule has 13 nitrogen and oxygen atoms in total. The molecule has 0 aliphatic carbocycles. The van der Waals surface area contributed by atoms with Crippen LogP contribution in [0.5, 0.6) is 0 Å². The minimum atomic E-state index is -0.452. The van der Waals surface area contributed by atoms with Crippen molar-refractivity contribution in [2.45, 2.75) is 59.0 Å². The predicted octanol–water partition coefficient (Wildman–Crippen LogP) is 3.34. The summed E-state index contributed by atoms with van der Waals surface area (Å²) in [5, 5.41) is 2.86. The molecule has 0 aliphatic rings. The van der Waals surface area contributed by atoms with E-state index in [0.717, 1.165) is 17.0 Å². The van der Waals surface area contributed by atoms with Gasteiger partial charge in [0.05, 0.1) is 99.1 Å². The Morgan fingerprint density at radius 2 is 1.12 bits per heavy atom. The molecule has 1 N–H and O–H groups in total. The Morgan fingerprint density at radius 1 is 0.688 bits per heavy atom. The molecule has 0 unspecified atom stereocenters. The van der Waals surface area contributed by atoms with Gasteiger partial charge in [0.1, 0.15) is 5.60 Å². The van der Waals surface area contributed by atoms with Gasteiger partial charge in [0.15, 0.2) is 0 Å². The van der Waals surface area contributed by atoms with Gasteiger partial charge in [-0.3, -0.25) is 14.6 Å². The van der Waals surface area contributed by atoms with Gasteiger partial charge in [0, 0.05) is 37.4 Å². The van der Waals surface area contributed by atoms with E-state index in [-0.39, 0.29) is 11.9 Å². The molecule has 13 heteroatoms. The number of hydrogen-bond acceptors (Lipinski definition) is 12. The van der Waals surface area contributed by atoms with E-state index in [2.05, 4.69) is 16.9 Å². The van der Waals surface area contributed by atoms with Crippen molar-refractivity contribution in [3.05, 3.63) is 35.7 Å². The number of carbonyl (C=O) groups is 2. The first-order chi connectivity index (χ1) is 23.2. The molecule has 0 atom stereocenters. The molecule has 1 rings (SSSR count). The third kappa shape index (κ3) is 28.5. The third-order valence-corrected chi connectivity index (χ3v) is 6.13. The minimum absolute atomic E-state index is 0.0272. The van der Waals surface area contributed by atoms with Gasteiger partial charge in [-0.25, -0.2) is 0 Å². The van der Waals surface area contributed by atoms with E-state index in [1.165, 1.54) is 0 Å². The molecule has 0 saturated heterocycles. The van der Waals surface area contributed by atoms with Crippen molar-refractivity contribution in [3.8, 4) is 0 Å². The molecule has 276 valence electrons. The maximum atomic E-state index is 12.0. The van der Waals surface area contributed by atoms with Crippen LogP contribution in [0.4, 0.5) is 0 Å². The highest BCUT2D eigenvalue weighted by atomic mass is 16.6. The van der Waals surface area contributed by atoms with Crippen molar-refractivity contribution in [1.29, 1.82) is 0 Å². The quantitative estimate of drug-likeness (QED) is 0.0879. The van der Waals surface area contributed by atoms with Gasteiger partial charge in [-0.05, 0) is 58.2 Å². The molecule has 0 radical (unpaired) electrons. The van der Waals surface area contributed by atoms with Gasteiger partial charge in [0.2, 0.25) is 5.91 Å². The standard InChI is InChI=1S/C35H60N2O11/c1-6-31-28-30(2)37-32(29-31)9-10-33(38)36-11-13-41-15-17-43-19-21-45-23-25-47-27-26-46-24-22-44-20-18-42-16-14-40-12-7-8-34(39)48-35(3,4)5/h6,28-29H,1,7-27H2,2-5H3,(H,36,38). The lowest BCUT2D eigenvalue weighted by atomic mass is 10.1. The van der Waals surface area contributed by atoms with E-state index in [4.69, 9.17) is 42.6 Å². The zero-order valence-electron chi connectivity index (χ0n) is 29.7. The van der Waals surface area contributed by atoms with E-state index in [1.54, 1.807) is 6.08 Å². The normalized spacial score (nSPS) is 11.5. The molecule has 48 heavy (non-hydrogen) atoms. The van der Waals surface area contributed by atoms with Crippen molar-refractivity contribution in [1.82, 2.24) is 10.3 Å². The first-order valence-electron chi connectivity index (χ1n) is 16.9. The van der Waals surface area contributed by atoms with Gasteiger partial charge in [0.25, 0.3) is 0 Å². The Labute approximate surface area is 287 Å². The number of ether oxygens (including phenoxy) is 9. The summed E-state index contributed by atoms with van der Waals surface area (Å²) >= 11 is 0. The molecule has 0 spiro atoms. The van der Waals surface area contributed by atoms with Crippen molar-refractivity contribution in [2.24, 2.45) is 0 Å². The zero-order chi connectivity index (χ0) is 35.1. The van der Waals surface area contributed by atoms with Crippen LogP contribution in [-0.2, 0) is 58.6 Å². The maximum absolute atomic E-state index is 12.0. The van der Waals surface area contributed by atoms with Gasteiger partial charge >= 0.3 is 5.97 Å². The average Bonchev–Trinajstić information content (AvgIpc) is 3.04. The number of esters is 1. The zero-order valence-corrected chi connectivity index (χ0v) is 29.7. The van der Waals surface area contributed by atoms with E-state index in [1.807, 2.05) is 39.8 Å². The molecule has 1 aromatic rings. The fourth-order valence-electron chi connectivity index (χ4n) is 3.96. The Bertz CT molecular complexity index is 972. The number of nitrogens with one attached hydrogen (secondary N) is 1. The Hall–Kier alpha value is -2.49. The molecule has 1 amide bonds. The SMILES string of the molecule is C=Cc1cc(C)nc(CCC(=O)NCCOCCOCCOCCOCCOCCOCCOCCOCCCC(=O)OC(C)(C)C)c1. The summed E-state index contributed by atoms with van der Waals surface area (Å²) in [6.07, 6.45) is 3.72. The summed E-state index contributed by atoms with van der Waals surface area (Å²) in [6, 6.07) is 3.91. The molecular weight excluding hydrogens is 624 g/mol. The largest absolute Gasteiger partial charge is 0.460 e. The molecule has 0 aromatic carbocycles. The van der Waals surface area contributed by atoms with Crippen LogP contribution in [0.25, 0.3) is 6.08 Å². The van der Waals surface area contributed by atoms with Crippen LogP contribution in [-0.4, -0.2) is 135 Å². The fourth-order valence-corrected chi connectivity index (χ4v) is 3.96. The van der Waals surface area contributed by atoms with Crippen LogP contribution in [0.2, 0.25) is 0 Å². The monoisotopic (exact) mass is 684 g/mol. The predicted molar refractivity (Wildman–Crippen MR) is 182 cm³/mol. The average molecular weight is 685 g/mol. The summed E-state index contributed by atoms with van der Waals surface area (Å²) < 4.78 is 49.0. The van der Waals surface area contributed by atoms with E-state index in [0.29, 0.717) is 138 Å². The summed E-state index contributed by atoms with van der Waals surface area (Å²) in [4.78, 5) is 28.1. The number of amides is 1. The van der Waals surface area contributed by atoms with Gasteiger partial charge in [-0.2, -0.15) is 0 Å². The number of aryl methyl sites for hydroxylation is 2. The smallest absolute Gasteiger partial charge is 0.306 e. The number of aromatic nitrogens is 1. The second kappa shape index (κ2) is 29.4. The van der Waals surface area contributed by atoms with Crippen molar-refractivity contribution < 1.29 is 52.2 Å². The summed E-state index contributed by atoms with van der Waals surface area (Å²) in [6.45, 7) is 19.3. The lowest BCUT2D eigenvalue weighted by molar-refractivity contribution is -0.155.